The van der Waals surface area contributed by atoms with E-state index >= 15 is 0 Å². The average molecular weight is 388 g/mol. The molecule has 0 spiro atoms. The molecular formula is C25H29N3O. The molecule has 3 unspecified atom stereocenters. The van der Waals surface area contributed by atoms with E-state index in [1.807, 2.05) is 25.1 Å². The van der Waals surface area contributed by atoms with Crippen LogP contribution in [0.25, 0.3) is 4.85 Å². The van der Waals surface area contributed by atoms with Crippen molar-refractivity contribution in [3.8, 4) is 6.07 Å². The van der Waals surface area contributed by atoms with Gasteiger partial charge in [-0.1, -0.05) is 44.2 Å². The molecule has 0 aromatic heterocycles. The Kier molecular flexibility index (Phi) is 5.96. The number of hydrogen-bond donors (Lipinski definition) is 0. The summed E-state index contributed by atoms with van der Waals surface area (Å²) in [5.74, 6) is 1.72. The minimum absolute atomic E-state index is 0.0759. The number of nitrogens with zero attached hydrogens (tertiary/aromatic N) is 3. The van der Waals surface area contributed by atoms with Crippen LogP contribution in [-0.2, 0) is 4.74 Å². The maximum Gasteiger partial charge on any atom is 0.269 e. The number of nitriles is 1. The molecule has 0 saturated carbocycles. The zero-order chi connectivity index (χ0) is 21.2. The van der Waals surface area contributed by atoms with Crippen LogP contribution in [0.1, 0.15) is 40.5 Å². The van der Waals surface area contributed by atoms with Crippen molar-refractivity contribution in [2.45, 2.75) is 52.6 Å². The predicted molar refractivity (Wildman–Crippen MR) is 116 cm³/mol. The highest BCUT2D eigenvalue weighted by Crippen LogP contribution is 2.47. The van der Waals surface area contributed by atoms with Gasteiger partial charge < -0.3 is 4.74 Å². The zero-order valence-electron chi connectivity index (χ0n) is 17.8. The van der Waals surface area contributed by atoms with Gasteiger partial charge in [0.2, 0.25) is 0 Å². The van der Waals surface area contributed by atoms with Crippen molar-refractivity contribution in [2.75, 3.05) is 6.54 Å². The van der Waals surface area contributed by atoms with Crippen LogP contribution < -0.4 is 0 Å². The third kappa shape index (κ3) is 4.29. The second-order valence-electron chi connectivity index (χ2n) is 8.83. The number of fused-ring (bicyclic) bond motifs is 1. The fourth-order valence-electron chi connectivity index (χ4n) is 4.69. The van der Waals surface area contributed by atoms with Gasteiger partial charge in [0, 0.05) is 18.0 Å². The molecule has 3 aliphatic heterocycles. The first kappa shape index (κ1) is 20.9. The molecule has 150 valence electrons. The summed E-state index contributed by atoms with van der Waals surface area (Å²) < 4.78 is 5.72. The molecule has 29 heavy (non-hydrogen) atoms. The van der Waals surface area contributed by atoms with Crippen molar-refractivity contribution >= 4 is 0 Å². The molecule has 3 heterocycles. The lowest BCUT2D eigenvalue weighted by molar-refractivity contribution is 0.0459. The highest BCUT2D eigenvalue weighted by molar-refractivity contribution is 5.49. The van der Waals surface area contributed by atoms with Crippen LogP contribution in [-0.4, -0.2) is 23.5 Å². The molecule has 0 bridgehead atoms. The first-order chi connectivity index (χ1) is 13.8. The van der Waals surface area contributed by atoms with Crippen molar-refractivity contribution in [3.05, 3.63) is 82.8 Å². The van der Waals surface area contributed by atoms with E-state index in [0.29, 0.717) is 35.1 Å². The highest BCUT2D eigenvalue weighted by Gasteiger charge is 2.47. The van der Waals surface area contributed by atoms with E-state index < -0.39 is 0 Å². The molecule has 0 amide bonds. The maximum atomic E-state index is 9.11. The first-order valence-corrected chi connectivity index (χ1v) is 10.1. The Hall–Kier alpha value is -2.82. The molecule has 0 aromatic rings. The van der Waals surface area contributed by atoms with Gasteiger partial charge in [0.25, 0.3) is 5.70 Å². The van der Waals surface area contributed by atoms with Gasteiger partial charge >= 0.3 is 0 Å². The third-order valence-electron chi connectivity index (χ3n) is 6.27. The molecule has 0 radical (unpaired) electrons. The lowest BCUT2D eigenvalue weighted by atomic mass is 9.68. The first-order valence-electron chi connectivity index (χ1n) is 10.1. The fourth-order valence-corrected chi connectivity index (χ4v) is 4.69. The van der Waals surface area contributed by atoms with Crippen LogP contribution in [0.4, 0.5) is 0 Å². The summed E-state index contributed by atoms with van der Waals surface area (Å²) in [7, 11) is 0. The summed E-state index contributed by atoms with van der Waals surface area (Å²) >= 11 is 0. The third-order valence-corrected chi connectivity index (χ3v) is 6.27. The van der Waals surface area contributed by atoms with E-state index in [-0.39, 0.29) is 11.1 Å². The molecular weight excluding hydrogens is 358 g/mol. The summed E-state index contributed by atoms with van der Waals surface area (Å²) in [5, 5.41) is 9.11. The second kappa shape index (κ2) is 8.27. The SMILES string of the molecule is [C-]#[N+]/C(C#N)=C1/C=C(C)OC(/C=C/C=C/C2C3C(=C)CC(C)N3CCC2(C)C)=C1. The van der Waals surface area contributed by atoms with E-state index in [4.69, 9.17) is 16.6 Å². The predicted octanol–water partition coefficient (Wildman–Crippen LogP) is 5.68. The molecule has 0 aromatic carbocycles. The zero-order valence-corrected chi connectivity index (χ0v) is 17.8. The standard InChI is InChI=1S/C25H29N3O/c1-17-13-18(2)28-12-11-25(4,5)22(24(17)28)10-8-7-9-21-15-20(14-19(3)29-21)23(16-26)27-6/h7-10,14-15,18,22,24H,1,11-13H2,2-5H3/b9-7+,10-8+,23-20-. The van der Waals surface area contributed by atoms with Gasteiger partial charge in [0.1, 0.15) is 11.5 Å². The van der Waals surface area contributed by atoms with Gasteiger partial charge in [-0.05, 0) is 62.5 Å². The Bertz CT molecular complexity index is 914. The lowest BCUT2D eigenvalue weighted by Crippen LogP contribution is -2.50. The molecule has 3 aliphatic rings. The molecule has 2 saturated heterocycles. The lowest BCUT2D eigenvalue weighted by Gasteiger charge is -2.47. The van der Waals surface area contributed by atoms with Crippen molar-refractivity contribution in [2.24, 2.45) is 11.3 Å². The van der Waals surface area contributed by atoms with E-state index in [9.17, 15) is 0 Å². The normalized spacial score (nSPS) is 31.0. The summed E-state index contributed by atoms with van der Waals surface area (Å²) in [6, 6.07) is 2.93. The van der Waals surface area contributed by atoms with E-state index in [1.165, 1.54) is 12.0 Å². The summed E-state index contributed by atoms with van der Waals surface area (Å²) in [5.41, 5.74) is 2.24. The number of allylic oxidation sites excluding steroid dienone is 8. The molecule has 4 heteroatoms. The van der Waals surface area contributed by atoms with Gasteiger partial charge in [0.05, 0.1) is 12.6 Å². The Morgan fingerprint density at radius 1 is 1.41 bits per heavy atom. The van der Waals surface area contributed by atoms with Crippen LogP contribution in [0.5, 0.6) is 0 Å². The van der Waals surface area contributed by atoms with Gasteiger partial charge in [-0.2, -0.15) is 0 Å². The molecule has 4 nitrogen and oxygen atoms in total. The number of ether oxygens (including phenoxy) is 1. The van der Waals surface area contributed by atoms with E-state index in [2.05, 4.69) is 49.2 Å². The van der Waals surface area contributed by atoms with Gasteiger partial charge in [-0.15, -0.1) is 0 Å². The number of piperidine rings is 1. The molecule has 3 atom stereocenters. The van der Waals surface area contributed by atoms with Gasteiger partial charge in [-0.3, -0.25) is 4.90 Å². The smallest absolute Gasteiger partial charge is 0.269 e. The summed E-state index contributed by atoms with van der Waals surface area (Å²) in [4.78, 5) is 5.90. The average Bonchev–Trinajstić information content (AvgIpc) is 2.94. The Morgan fingerprint density at radius 3 is 2.86 bits per heavy atom. The van der Waals surface area contributed by atoms with E-state index in [1.54, 1.807) is 12.2 Å². The van der Waals surface area contributed by atoms with Crippen LogP contribution in [0.3, 0.4) is 0 Å². The quantitative estimate of drug-likeness (QED) is 0.271. The minimum Gasteiger partial charge on any atom is -0.462 e. The van der Waals surface area contributed by atoms with Crippen LogP contribution >= 0.6 is 0 Å². The van der Waals surface area contributed by atoms with E-state index in [0.717, 1.165) is 13.0 Å². The second-order valence-corrected chi connectivity index (χ2v) is 8.83. The van der Waals surface area contributed by atoms with Crippen LogP contribution in [0.2, 0.25) is 0 Å². The molecule has 2 fully saturated rings. The van der Waals surface area contributed by atoms with Crippen molar-refractivity contribution < 1.29 is 4.74 Å². The fraction of sp³-hybridized carbons (Fsp3) is 0.440. The Morgan fingerprint density at radius 2 is 2.17 bits per heavy atom. The van der Waals surface area contributed by atoms with Gasteiger partial charge in [-0.25, -0.2) is 10.1 Å². The minimum atomic E-state index is 0.0759. The van der Waals surface area contributed by atoms with Crippen molar-refractivity contribution in [1.29, 1.82) is 5.26 Å². The Labute approximate surface area is 174 Å². The topological polar surface area (TPSA) is 40.6 Å². The summed E-state index contributed by atoms with van der Waals surface area (Å²) in [6.07, 6.45) is 14.0. The largest absolute Gasteiger partial charge is 0.462 e. The monoisotopic (exact) mass is 387 g/mol. The maximum absolute atomic E-state index is 9.11. The number of hydrogen-bond acceptors (Lipinski definition) is 3. The molecule has 0 aliphatic carbocycles. The van der Waals surface area contributed by atoms with Crippen molar-refractivity contribution in [3.63, 3.8) is 0 Å². The Balaban J connectivity index is 1.79. The van der Waals surface area contributed by atoms with Crippen molar-refractivity contribution in [1.82, 2.24) is 4.90 Å². The number of rotatable bonds is 3. The van der Waals surface area contributed by atoms with Gasteiger partial charge in [0.15, 0.2) is 0 Å². The highest BCUT2D eigenvalue weighted by atomic mass is 16.5. The van der Waals surface area contributed by atoms with Crippen LogP contribution in [0, 0.1) is 29.2 Å². The summed E-state index contributed by atoms with van der Waals surface area (Å²) in [6.45, 7) is 21.5. The van der Waals surface area contributed by atoms with Crippen LogP contribution in [0.15, 0.2) is 71.4 Å². The molecule has 3 rings (SSSR count). The molecule has 0 N–H and O–H groups in total.